The minimum Gasteiger partial charge on any atom is -0.387 e. The highest BCUT2D eigenvalue weighted by Gasteiger charge is 2.32. The SMILES string of the molecule is C=C(NC[C@H]1CCC[C@@H](C2C=CC=C(C)C2)O1)/C(C)=C(\N=C(C)N)C(=O)N1CCC(N[C@H]2CCOC[C@H]2OC)CC1. The van der Waals surface area contributed by atoms with Crippen LogP contribution in [0, 0.1) is 5.92 Å². The number of amides is 1. The molecule has 3 saturated heterocycles. The van der Waals surface area contributed by atoms with Crippen LogP contribution in [0.25, 0.3) is 0 Å². The molecule has 0 aromatic heterocycles. The van der Waals surface area contributed by atoms with Gasteiger partial charge in [-0.3, -0.25) is 4.79 Å². The molecule has 9 heteroatoms. The second kappa shape index (κ2) is 15.1. The summed E-state index contributed by atoms with van der Waals surface area (Å²) in [6, 6.07) is 0.620. The molecule has 4 rings (SSSR count). The zero-order valence-electron chi connectivity index (χ0n) is 25.5. The van der Waals surface area contributed by atoms with Crippen LogP contribution in [0.4, 0.5) is 0 Å². The summed E-state index contributed by atoms with van der Waals surface area (Å²) in [6.45, 7) is 13.4. The molecule has 4 aliphatic rings. The van der Waals surface area contributed by atoms with E-state index in [9.17, 15) is 4.79 Å². The van der Waals surface area contributed by atoms with Gasteiger partial charge in [0, 0.05) is 62.6 Å². The molecule has 4 N–H and O–H groups in total. The van der Waals surface area contributed by atoms with Gasteiger partial charge in [0.05, 0.1) is 30.8 Å². The largest absolute Gasteiger partial charge is 0.387 e. The molecule has 1 aliphatic carbocycles. The lowest BCUT2D eigenvalue weighted by molar-refractivity contribution is -0.128. The minimum atomic E-state index is -0.101. The van der Waals surface area contributed by atoms with Crippen LogP contribution in [0.15, 0.2) is 52.3 Å². The molecule has 41 heavy (non-hydrogen) atoms. The van der Waals surface area contributed by atoms with E-state index in [1.807, 2.05) is 11.8 Å². The van der Waals surface area contributed by atoms with Gasteiger partial charge in [-0.05, 0) is 65.7 Å². The van der Waals surface area contributed by atoms with E-state index in [4.69, 9.17) is 19.9 Å². The second-order valence-electron chi connectivity index (χ2n) is 12.1. The number of piperidine rings is 1. The maximum atomic E-state index is 13.7. The highest BCUT2D eigenvalue weighted by Crippen LogP contribution is 2.31. The first-order valence-electron chi connectivity index (χ1n) is 15.3. The summed E-state index contributed by atoms with van der Waals surface area (Å²) in [4.78, 5) is 20.0. The van der Waals surface area contributed by atoms with Crippen molar-refractivity contribution in [2.24, 2.45) is 16.6 Å². The van der Waals surface area contributed by atoms with Crippen LogP contribution in [0.2, 0.25) is 0 Å². The standard InChI is InChI=1S/C32H51N5O4/c1-21-8-6-9-25(18-21)29-11-7-10-27(41-29)19-34-23(3)22(2)31(35-24(4)33)32(38)37-15-12-26(13-16-37)36-28-14-17-40-20-30(28)39-5/h6,8-9,25-30,34,36H,3,7,10-20H2,1-2,4-5H3,(H2,33,35)/b31-22-/t25?,27-,28+,29+,30-/m1/s1. The summed E-state index contributed by atoms with van der Waals surface area (Å²) in [6.07, 6.45) is 14.1. The number of allylic oxidation sites excluding steroid dienone is 4. The Labute approximate surface area is 246 Å². The highest BCUT2D eigenvalue weighted by atomic mass is 16.5. The Hall–Kier alpha value is -2.46. The van der Waals surface area contributed by atoms with E-state index in [-0.39, 0.29) is 30.3 Å². The highest BCUT2D eigenvalue weighted by molar-refractivity contribution is 5.97. The van der Waals surface area contributed by atoms with Crippen molar-refractivity contribution in [2.75, 3.05) is 40.0 Å². The van der Waals surface area contributed by atoms with Gasteiger partial charge in [-0.15, -0.1) is 0 Å². The maximum Gasteiger partial charge on any atom is 0.272 e. The molecule has 3 fully saturated rings. The lowest BCUT2D eigenvalue weighted by Gasteiger charge is -2.38. The van der Waals surface area contributed by atoms with Gasteiger partial charge in [-0.1, -0.05) is 30.4 Å². The molecule has 0 saturated carbocycles. The fourth-order valence-electron chi connectivity index (χ4n) is 6.34. The summed E-state index contributed by atoms with van der Waals surface area (Å²) < 4.78 is 17.7. The quantitative estimate of drug-likeness (QED) is 0.160. The number of likely N-dealkylation sites (tertiary alicyclic amines) is 1. The molecule has 1 amide bonds. The van der Waals surface area contributed by atoms with Crippen molar-refractivity contribution in [3.8, 4) is 0 Å². The summed E-state index contributed by atoms with van der Waals surface area (Å²) in [5.74, 6) is 0.692. The lowest BCUT2D eigenvalue weighted by Crippen LogP contribution is -2.54. The number of nitrogens with one attached hydrogen (secondary N) is 2. The zero-order valence-corrected chi connectivity index (χ0v) is 25.5. The van der Waals surface area contributed by atoms with E-state index in [2.05, 4.69) is 47.4 Å². The van der Waals surface area contributed by atoms with Crippen molar-refractivity contribution >= 4 is 11.7 Å². The molecule has 0 aromatic carbocycles. The number of carbonyl (C=O) groups is 1. The first-order valence-corrected chi connectivity index (χ1v) is 15.3. The predicted octanol–water partition coefficient (Wildman–Crippen LogP) is 3.59. The molecule has 0 spiro atoms. The predicted molar refractivity (Wildman–Crippen MR) is 163 cm³/mol. The van der Waals surface area contributed by atoms with E-state index >= 15 is 0 Å². The molecule has 9 nitrogen and oxygen atoms in total. The van der Waals surface area contributed by atoms with Crippen LogP contribution < -0.4 is 16.4 Å². The molecule has 0 bridgehead atoms. The number of methoxy groups -OCH3 is 1. The summed E-state index contributed by atoms with van der Waals surface area (Å²) in [7, 11) is 1.74. The molecule has 0 aromatic rings. The molecule has 3 aliphatic heterocycles. The Balaban J connectivity index is 1.31. The van der Waals surface area contributed by atoms with Crippen LogP contribution in [0.5, 0.6) is 0 Å². The number of amidine groups is 1. The van der Waals surface area contributed by atoms with Gasteiger partial charge in [0.1, 0.15) is 5.70 Å². The third-order valence-electron chi connectivity index (χ3n) is 8.84. The number of nitrogens with two attached hydrogens (primary N) is 1. The molecule has 0 radical (unpaired) electrons. The van der Waals surface area contributed by atoms with Crippen molar-refractivity contribution in [3.63, 3.8) is 0 Å². The van der Waals surface area contributed by atoms with Gasteiger partial charge in [0.25, 0.3) is 5.91 Å². The molecular formula is C32H51N5O4. The van der Waals surface area contributed by atoms with Crippen molar-refractivity contribution < 1.29 is 19.0 Å². The maximum absolute atomic E-state index is 13.7. The Morgan fingerprint density at radius 2 is 2.00 bits per heavy atom. The van der Waals surface area contributed by atoms with Gasteiger partial charge < -0.3 is 35.5 Å². The molecule has 5 atom stereocenters. The molecule has 3 heterocycles. The number of ether oxygens (including phenoxy) is 3. The van der Waals surface area contributed by atoms with Gasteiger partial charge in [-0.2, -0.15) is 0 Å². The summed E-state index contributed by atoms with van der Waals surface area (Å²) in [5.41, 5.74) is 9.13. The lowest BCUT2D eigenvalue weighted by atomic mass is 9.86. The number of aliphatic imine (C=N–C) groups is 1. The second-order valence-corrected chi connectivity index (χ2v) is 12.1. The Morgan fingerprint density at radius 3 is 2.71 bits per heavy atom. The van der Waals surface area contributed by atoms with Crippen LogP contribution in [-0.2, 0) is 19.0 Å². The molecular weight excluding hydrogens is 518 g/mol. The van der Waals surface area contributed by atoms with E-state index in [1.54, 1.807) is 14.0 Å². The van der Waals surface area contributed by atoms with E-state index in [0.29, 0.717) is 61.0 Å². The smallest absolute Gasteiger partial charge is 0.272 e. The zero-order chi connectivity index (χ0) is 29.4. The number of rotatable bonds is 10. The summed E-state index contributed by atoms with van der Waals surface area (Å²) in [5, 5.41) is 7.19. The van der Waals surface area contributed by atoms with Crippen molar-refractivity contribution in [1.29, 1.82) is 0 Å². The number of nitrogens with zero attached hydrogens (tertiary/aromatic N) is 2. The summed E-state index contributed by atoms with van der Waals surface area (Å²) >= 11 is 0. The van der Waals surface area contributed by atoms with Crippen LogP contribution in [0.1, 0.15) is 65.7 Å². The van der Waals surface area contributed by atoms with E-state index < -0.39 is 0 Å². The third kappa shape index (κ3) is 8.77. The van der Waals surface area contributed by atoms with Crippen LogP contribution in [-0.4, -0.2) is 87.0 Å². The monoisotopic (exact) mass is 569 g/mol. The average Bonchev–Trinajstić information content (AvgIpc) is 2.98. The van der Waals surface area contributed by atoms with Crippen molar-refractivity contribution in [2.45, 2.75) is 96.1 Å². The van der Waals surface area contributed by atoms with Gasteiger partial charge in [-0.25, -0.2) is 4.99 Å². The Kier molecular flexibility index (Phi) is 11.6. The first kappa shape index (κ1) is 31.5. The Morgan fingerprint density at radius 1 is 1.22 bits per heavy atom. The van der Waals surface area contributed by atoms with Crippen molar-refractivity contribution in [1.82, 2.24) is 15.5 Å². The normalized spacial score (nSPS) is 30.4. The van der Waals surface area contributed by atoms with Gasteiger partial charge >= 0.3 is 0 Å². The molecule has 1 unspecified atom stereocenters. The minimum absolute atomic E-state index is 0.0660. The van der Waals surface area contributed by atoms with Crippen LogP contribution >= 0.6 is 0 Å². The third-order valence-corrected chi connectivity index (χ3v) is 8.84. The number of hydrogen-bond donors (Lipinski definition) is 3. The van der Waals surface area contributed by atoms with E-state index in [1.165, 1.54) is 5.57 Å². The fourth-order valence-corrected chi connectivity index (χ4v) is 6.34. The first-order chi connectivity index (χ1) is 19.7. The topological polar surface area (TPSA) is 110 Å². The van der Waals surface area contributed by atoms with E-state index in [0.717, 1.165) is 51.6 Å². The number of hydrogen-bond acceptors (Lipinski definition) is 7. The molecule has 228 valence electrons. The number of carbonyl (C=O) groups excluding carboxylic acids is 1. The van der Waals surface area contributed by atoms with Gasteiger partial charge in [0.15, 0.2) is 0 Å². The van der Waals surface area contributed by atoms with Crippen molar-refractivity contribution in [3.05, 3.63) is 47.3 Å². The van der Waals surface area contributed by atoms with Crippen LogP contribution in [0.3, 0.4) is 0 Å². The Bertz CT molecular complexity index is 1040. The average molecular weight is 570 g/mol. The van der Waals surface area contributed by atoms with Gasteiger partial charge in [0.2, 0.25) is 0 Å². The fraction of sp³-hybridized carbons (Fsp3) is 0.688.